The molecular formula is C9H21N3O. The van der Waals surface area contributed by atoms with Crippen LogP contribution in [0.2, 0.25) is 0 Å². The van der Waals surface area contributed by atoms with Crippen LogP contribution in [0, 0.1) is 0 Å². The molecule has 0 aromatic rings. The first-order chi connectivity index (χ1) is 6.02. The second kappa shape index (κ2) is 5.80. The van der Waals surface area contributed by atoms with Crippen molar-refractivity contribution in [2.24, 2.45) is 10.9 Å². The van der Waals surface area contributed by atoms with Crippen LogP contribution in [0.5, 0.6) is 0 Å². The van der Waals surface area contributed by atoms with Gasteiger partial charge < -0.3 is 15.8 Å². The third-order valence-corrected chi connectivity index (χ3v) is 2.43. The predicted octanol–water partition coefficient (Wildman–Crippen LogP) is 1.24. The molecule has 0 bridgehead atoms. The molecule has 0 saturated heterocycles. The highest BCUT2D eigenvalue weighted by Gasteiger charge is 2.16. The lowest BCUT2D eigenvalue weighted by atomic mass is 10.1. The second-order valence-electron chi connectivity index (χ2n) is 3.62. The van der Waals surface area contributed by atoms with Gasteiger partial charge in [-0.15, -0.1) is 0 Å². The summed E-state index contributed by atoms with van der Waals surface area (Å²) >= 11 is 0. The van der Waals surface area contributed by atoms with Gasteiger partial charge in [0.25, 0.3) is 0 Å². The zero-order valence-corrected chi connectivity index (χ0v) is 8.99. The first-order valence-corrected chi connectivity index (χ1v) is 4.71. The van der Waals surface area contributed by atoms with Crippen LogP contribution in [-0.4, -0.2) is 35.1 Å². The van der Waals surface area contributed by atoms with Crippen molar-refractivity contribution in [3.05, 3.63) is 0 Å². The normalized spacial score (nSPS) is 15.4. The van der Waals surface area contributed by atoms with E-state index >= 15 is 0 Å². The molecule has 4 heteroatoms. The minimum Gasteiger partial charge on any atom is -0.409 e. The maximum absolute atomic E-state index is 8.44. The fourth-order valence-corrected chi connectivity index (χ4v) is 1.28. The van der Waals surface area contributed by atoms with Gasteiger partial charge in [0.15, 0.2) is 0 Å². The van der Waals surface area contributed by atoms with E-state index < -0.39 is 0 Å². The molecule has 0 aliphatic carbocycles. The smallest absolute Gasteiger partial charge is 0.140 e. The standard InChI is InChI=1S/C9H21N3O/c1-5-8(6-9(10)11-13)12(4)7(2)3/h7-8,13H,5-6H2,1-4H3,(H2,10,11). The van der Waals surface area contributed by atoms with Crippen molar-refractivity contribution >= 4 is 5.84 Å². The highest BCUT2D eigenvalue weighted by Crippen LogP contribution is 2.09. The van der Waals surface area contributed by atoms with Gasteiger partial charge in [0, 0.05) is 18.5 Å². The number of nitrogens with two attached hydrogens (primary N) is 1. The van der Waals surface area contributed by atoms with Gasteiger partial charge >= 0.3 is 0 Å². The molecule has 0 aromatic carbocycles. The van der Waals surface area contributed by atoms with Gasteiger partial charge in [-0.2, -0.15) is 0 Å². The van der Waals surface area contributed by atoms with E-state index in [1.165, 1.54) is 0 Å². The Morgan fingerprint density at radius 1 is 1.54 bits per heavy atom. The van der Waals surface area contributed by atoms with Crippen LogP contribution in [0.3, 0.4) is 0 Å². The van der Waals surface area contributed by atoms with Crippen LogP contribution in [0.25, 0.3) is 0 Å². The quantitative estimate of drug-likeness (QED) is 0.294. The van der Waals surface area contributed by atoms with E-state index in [0.29, 0.717) is 24.3 Å². The van der Waals surface area contributed by atoms with Crippen LogP contribution >= 0.6 is 0 Å². The molecule has 0 saturated carbocycles. The summed E-state index contributed by atoms with van der Waals surface area (Å²) in [5.41, 5.74) is 5.46. The molecule has 0 amide bonds. The van der Waals surface area contributed by atoms with Gasteiger partial charge in [-0.3, -0.25) is 0 Å². The molecular weight excluding hydrogens is 166 g/mol. The number of hydrogen-bond acceptors (Lipinski definition) is 3. The summed E-state index contributed by atoms with van der Waals surface area (Å²) < 4.78 is 0. The lowest BCUT2D eigenvalue weighted by Gasteiger charge is -2.30. The summed E-state index contributed by atoms with van der Waals surface area (Å²) in [5.74, 6) is 0.305. The van der Waals surface area contributed by atoms with Gasteiger partial charge in [-0.25, -0.2) is 0 Å². The number of oxime groups is 1. The minimum atomic E-state index is 0.305. The molecule has 0 radical (unpaired) electrons. The molecule has 78 valence electrons. The first-order valence-electron chi connectivity index (χ1n) is 4.71. The maximum atomic E-state index is 8.44. The third-order valence-electron chi connectivity index (χ3n) is 2.43. The van der Waals surface area contributed by atoms with E-state index in [1.54, 1.807) is 0 Å². The zero-order chi connectivity index (χ0) is 10.4. The Bertz CT molecular complexity index is 168. The number of amidine groups is 1. The molecule has 0 rings (SSSR count). The Labute approximate surface area is 80.4 Å². The molecule has 0 aliphatic rings. The number of nitrogens with zero attached hydrogens (tertiary/aromatic N) is 2. The highest BCUT2D eigenvalue weighted by molar-refractivity contribution is 5.80. The molecule has 1 unspecified atom stereocenters. The van der Waals surface area contributed by atoms with Crippen molar-refractivity contribution in [3.8, 4) is 0 Å². The van der Waals surface area contributed by atoms with Crippen LogP contribution in [-0.2, 0) is 0 Å². The van der Waals surface area contributed by atoms with Gasteiger partial charge in [0.2, 0.25) is 0 Å². The molecule has 3 N–H and O–H groups in total. The van der Waals surface area contributed by atoms with Gasteiger partial charge in [-0.1, -0.05) is 12.1 Å². The van der Waals surface area contributed by atoms with Crippen LogP contribution in [0.4, 0.5) is 0 Å². The van der Waals surface area contributed by atoms with Crippen molar-refractivity contribution in [2.45, 2.75) is 45.7 Å². The van der Waals surface area contributed by atoms with Crippen molar-refractivity contribution in [3.63, 3.8) is 0 Å². The van der Waals surface area contributed by atoms with Crippen molar-refractivity contribution in [1.82, 2.24) is 4.90 Å². The highest BCUT2D eigenvalue weighted by atomic mass is 16.4. The van der Waals surface area contributed by atoms with E-state index in [-0.39, 0.29) is 0 Å². The summed E-state index contributed by atoms with van der Waals surface area (Å²) in [7, 11) is 2.06. The molecule has 0 fully saturated rings. The topological polar surface area (TPSA) is 61.9 Å². The van der Waals surface area contributed by atoms with Crippen LogP contribution in [0.15, 0.2) is 5.16 Å². The molecule has 4 nitrogen and oxygen atoms in total. The summed E-state index contributed by atoms with van der Waals surface area (Å²) in [6, 6.07) is 0.840. The largest absolute Gasteiger partial charge is 0.409 e. The van der Waals surface area contributed by atoms with Gasteiger partial charge in [0.1, 0.15) is 5.84 Å². The Morgan fingerprint density at radius 3 is 2.38 bits per heavy atom. The molecule has 13 heavy (non-hydrogen) atoms. The molecule has 0 spiro atoms. The Balaban J connectivity index is 4.17. The molecule has 1 atom stereocenters. The summed E-state index contributed by atoms with van der Waals surface area (Å²) in [5, 5.41) is 11.4. The van der Waals surface area contributed by atoms with E-state index in [2.05, 4.69) is 37.9 Å². The van der Waals surface area contributed by atoms with E-state index in [0.717, 1.165) is 6.42 Å². The Kier molecular flexibility index (Phi) is 5.46. The average molecular weight is 187 g/mol. The first kappa shape index (κ1) is 12.2. The second-order valence-corrected chi connectivity index (χ2v) is 3.62. The Hall–Kier alpha value is -0.770. The van der Waals surface area contributed by atoms with Crippen LogP contribution < -0.4 is 5.73 Å². The van der Waals surface area contributed by atoms with Gasteiger partial charge in [0.05, 0.1) is 0 Å². The lowest BCUT2D eigenvalue weighted by Crippen LogP contribution is -2.39. The number of hydrogen-bond donors (Lipinski definition) is 2. The third kappa shape index (κ3) is 4.12. The summed E-state index contributed by atoms with van der Waals surface area (Å²) in [6.45, 7) is 6.37. The fourth-order valence-electron chi connectivity index (χ4n) is 1.28. The van der Waals surface area contributed by atoms with E-state index in [9.17, 15) is 0 Å². The van der Waals surface area contributed by atoms with E-state index in [1.807, 2.05) is 0 Å². The fraction of sp³-hybridized carbons (Fsp3) is 0.889. The van der Waals surface area contributed by atoms with E-state index in [4.69, 9.17) is 10.9 Å². The zero-order valence-electron chi connectivity index (χ0n) is 8.99. The lowest BCUT2D eigenvalue weighted by molar-refractivity contribution is 0.193. The molecule has 0 heterocycles. The Morgan fingerprint density at radius 2 is 2.08 bits per heavy atom. The predicted molar refractivity (Wildman–Crippen MR) is 55.0 cm³/mol. The SMILES string of the molecule is CCC(C/C(N)=N/O)N(C)C(C)C. The average Bonchev–Trinajstić information content (AvgIpc) is 2.12. The summed E-state index contributed by atoms with van der Waals surface area (Å²) in [6.07, 6.45) is 1.63. The van der Waals surface area contributed by atoms with Crippen molar-refractivity contribution in [2.75, 3.05) is 7.05 Å². The maximum Gasteiger partial charge on any atom is 0.140 e. The monoisotopic (exact) mass is 187 g/mol. The van der Waals surface area contributed by atoms with Crippen LogP contribution in [0.1, 0.15) is 33.6 Å². The van der Waals surface area contributed by atoms with Gasteiger partial charge in [-0.05, 0) is 27.3 Å². The minimum absolute atomic E-state index is 0.305. The van der Waals surface area contributed by atoms with Crippen molar-refractivity contribution < 1.29 is 5.21 Å². The van der Waals surface area contributed by atoms with Crippen molar-refractivity contribution in [1.29, 1.82) is 0 Å². The molecule has 0 aromatic heterocycles. The number of rotatable bonds is 5. The summed E-state index contributed by atoms with van der Waals surface area (Å²) in [4.78, 5) is 2.23. The molecule has 0 aliphatic heterocycles.